The third kappa shape index (κ3) is 14.4. The fraction of sp³-hybridized carbons (Fsp3) is 0.143. The van der Waals surface area contributed by atoms with E-state index in [-0.39, 0.29) is 97.7 Å². The second-order valence-corrected chi connectivity index (χ2v) is 18.1. The molecule has 0 spiro atoms. The summed E-state index contributed by atoms with van der Waals surface area (Å²) in [6.07, 6.45) is 14.7. The number of fused-ring (bicyclic) bond motifs is 3. The number of nitrogens with zero attached hydrogens (tertiary/aromatic N) is 7. The molecule has 9 nitrogen and oxygen atoms in total. The Labute approximate surface area is 497 Å². The van der Waals surface area contributed by atoms with Crippen LogP contribution in [0.5, 0.6) is 0 Å². The molecule has 0 aliphatic heterocycles. The van der Waals surface area contributed by atoms with E-state index in [9.17, 15) is 9.90 Å². The van der Waals surface area contributed by atoms with Crippen molar-refractivity contribution in [1.29, 1.82) is 5.26 Å². The van der Waals surface area contributed by atoms with Crippen LogP contribution in [0, 0.1) is 35.7 Å². The summed E-state index contributed by atoms with van der Waals surface area (Å²) in [5.41, 5.74) is 8.64. The molecule has 0 bridgehead atoms. The van der Waals surface area contributed by atoms with Crippen LogP contribution in [0.2, 0.25) is 0 Å². The molecular weight excluding hydrogens is 1100 g/mol. The molecule has 76 heavy (non-hydrogen) atoms. The topological polar surface area (TPSA) is 115 Å². The van der Waals surface area contributed by atoms with Crippen molar-refractivity contribution in [2.24, 2.45) is 11.8 Å². The summed E-state index contributed by atoms with van der Waals surface area (Å²) >= 11 is 0. The molecule has 1 unspecified atom stereocenters. The fourth-order valence-electron chi connectivity index (χ4n) is 8.64. The number of para-hydroxylation sites is 3. The minimum atomic E-state index is -0.926. The van der Waals surface area contributed by atoms with Crippen molar-refractivity contribution in [3.8, 4) is 23.1 Å². The van der Waals surface area contributed by atoms with Gasteiger partial charge in [0.2, 0.25) is 0 Å². The number of halogens is 2. The average molecular weight is 1150 g/mol. The van der Waals surface area contributed by atoms with Crippen LogP contribution in [0.1, 0.15) is 65.6 Å². The van der Waals surface area contributed by atoms with Gasteiger partial charge in [-0.3, -0.25) is 4.79 Å². The molecule has 14 rings (SSSR count). The maximum Gasteiger partial charge on any atom is 2.00 e. The molecule has 3 aliphatic carbocycles. The number of Topliss-reactive ketones (excluding diaryl/α,β-unsaturated/α-hetero) is 1. The zero-order valence-electron chi connectivity index (χ0n) is 42.0. The monoisotopic (exact) mass is 1150 g/mol. The van der Waals surface area contributed by atoms with Gasteiger partial charge in [-0.2, -0.15) is 57.0 Å². The number of hydrogen-bond acceptors (Lipinski definition) is 6. The third-order valence-electron chi connectivity index (χ3n) is 12.8. The number of carbonyl (C=O) groups excluding carboxylic acids is 1. The van der Waals surface area contributed by atoms with Crippen LogP contribution in [0.25, 0.3) is 49.8 Å². The maximum atomic E-state index is 12.1. The molecule has 370 valence electrons. The van der Waals surface area contributed by atoms with E-state index in [1.807, 2.05) is 214 Å². The van der Waals surface area contributed by atoms with E-state index in [1.54, 1.807) is 6.20 Å². The molecule has 3 heterocycles. The molecule has 13 heteroatoms. The molecule has 1 atom stereocenters. The van der Waals surface area contributed by atoms with E-state index in [1.165, 1.54) is 12.8 Å². The van der Waals surface area contributed by atoms with E-state index in [0.29, 0.717) is 5.56 Å². The van der Waals surface area contributed by atoms with E-state index in [0.717, 1.165) is 92.1 Å². The maximum absolute atomic E-state index is 12.1. The van der Waals surface area contributed by atoms with Crippen molar-refractivity contribution in [2.75, 3.05) is 0 Å². The number of nitriles is 1. The van der Waals surface area contributed by atoms with Crippen molar-refractivity contribution in [3.05, 3.63) is 260 Å². The van der Waals surface area contributed by atoms with Crippen LogP contribution in [0.4, 0.5) is 0 Å². The number of hydrogen-bond donors (Lipinski definition) is 1. The number of aliphatic hydroxyl groups is 1. The van der Waals surface area contributed by atoms with Crippen LogP contribution in [-0.4, -0.2) is 86.3 Å². The van der Waals surface area contributed by atoms with Gasteiger partial charge in [0.15, 0.2) is 5.78 Å². The third-order valence-corrected chi connectivity index (χ3v) is 12.8. The summed E-state index contributed by atoms with van der Waals surface area (Å²) < 4.78 is 5.72. The van der Waals surface area contributed by atoms with Crippen LogP contribution in [-0.2, 0) is 5.60 Å². The van der Waals surface area contributed by atoms with Gasteiger partial charge >= 0.3 is 46.1 Å². The fourth-order valence-corrected chi connectivity index (χ4v) is 8.64. The Hall–Kier alpha value is -6.22. The van der Waals surface area contributed by atoms with Gasteiger partial charge in [0, 0.05) is 27.6 Å². The first-order chi connectivity index (χ1) is 35.5. The largest absolute Gasteiger partial charge is 2.00 e. The van der Waals surface area contributed by atoms with E-state index in [2.05, 4.69) is 52.1 Å². The second-order valence-electron chi connectivity index (χ2n) is 18.1. The predicted molar refractivity (Wildman–Crippen MR) is 297 cm³/mol. The molecule has 0 radical (unpaired) electrons. The summed E-state index contributed by atoms with van der Waals surface area (Å²) in [4.78, 5) is 12.1. The van der Waals surface area contributed by atoms with Gasteiger partial charge < -0.3 is 45.5 Å². The normalized spacial score (nSPS) is 13.4. The van der Waals surface area contributed by atoms with Crippen LogP contribution >= 0.6 is 0 Å². The Morgan fingerprint density at radius 1 is 0.539 bits per heavy atom. The molecule has 8 aromatic carbocycles. The Kier molecular flexibility index (Phi) is 21.9. The minimum Gasteiger partial charge on any atom is -1.00 e. The molecular formula is C63H53Br2Mg2N7O2. The van der Waals surface area contributed by atoms with E-state index in [4.69, 9.17) is 5.26 Å². The quantitative estimate of drug-likeness (QED) is 0.101. The summed E-state index contributed by atoms with van der Waals surface area (Å²) in [6, 6.07) is 72.4. The first kappa shape index (κ1) is 59.0. The molecule has 1 N–H and O–H groups in total. The molecule has 3 aromatic heterocycles. The first-order valence-electron chi connectivity index (χ1n) is 24.5. The zero-order chi connectivity index (χ0) is 49.1. The van der Waals surface area contributed by atoms with Gasteiger partial charge in [0.05, 0.1) is 63.8 Å². The zero-order valence-corrected chi connectivity index (χ0v) is 48.0. The predicted octanol–water partition coefficient (Wildman–Crippen LogP) is 6.90. The Bertz CT molecular complexity index is 3550. The minimum absolute atomic E-state index is 0. The number of carbonyl (C=O) groups is 1. The van der Waals surface area contributed by atoms with Gasteiger partial charge in [-0.15, -0.1) is 0 Å². The molecule has 11 aromatic rings. The smallest absolute Gasteiger partial charge is 1.00 e. The molecule has 3 aliphatic rings. The number of aromatic nitrogens is 6. The van der Waals surface area contributed by atoms with Crippen LogP contribution in [0.15, 0.2) is 225 Å². The summed E-state index contributed by atoms with van der Waals surface area (Å²) in [5, 5.41) is 36.9. The summed E-state index contributed by atoms with van der Waals surface area (Å²) in [6.45, 7) is 0. The van der Waals surface area contributed by atoms with Crippen LogP contribution < -0.4 is 34.0 Å². The van der Waals surface area contributed by atoms with Gasteiger partial charge in [-0.1, -0.05) is 91.0 Å². The standard InChI is InChI=1S/C23H20N2O.C17H14N2O.C14H9N3.C6H5.C3H5.2BrH.2Mg/c26-23(19-11-12-19,18-7-3-1-4-8-18)20-13-14-22-17(15-20)16-24-25(22)21-9-5-2-6-10-21;20-17(12-6-7-12)13-8-9-16-14(10-13)11-18-19(16)15-4-2-1-3-5-15;15-9-11-6-7-14-12(8-11)10-16-17(14)13-4-2-1-3-5-13;1-2-4-6-5-3-1;1-2-3-1;;;;/h1-10,13-16,19,26H,11-12H2;1-5,8-12H,6-7H2;1-8,10H;1-5H;1H,2-3H2;2*1H;;/q;;;2*-1;;;2*+2/p-2. The van der Waals surface area contributed by atoms with Crippen LogP contribution in [0.3, 0.4) is 0 Å². The average Bonchev–Trinajstić information content (AvgIpc) is 4.39. The van der Waals surface area contributed by atoms with Crippen molar-refractivity contribution < 1.29 is 43.9 Å². The first-order valence-corrected chi connectivity index (χ1v) is 24.5. The SMILES string of the molecule is N#Cc1ccc2c(cnn2-c2ccccc2)c1.O=C(c1ccc2c(cnn2-c2ccccc2)c1)C1CC1.OC(c1ccccc1)(c1ccc2c(cnn2-c2ccccc2)c1)C1CC1.[Br-].[Br-].[CH-]1CC1.[Mg+2].[Mg+2].[c-]1ccccc1. The summed E-state index contributed by atoms with van der Waals surface area (Å²) in [5.74, 6) is 0.822. The molecule has 3 saturated carbocycles. The number of benzene rings is 8. The van der Waals surface area contributed by atoms with Gasteiger partial charge in [0.1, 0.15) is 5.60 Å². The van der Waals surface area contributed by atoms with Gasteiger partial charge in [-0.25, -0.2) is 26.9 Å². The molecule has 0 saturated heterocycles. The van der Waals surface area contributed by atoms with E-state index >= 15 is 0 Å². The van der Waals surface area contributed by atoms with Crippen molar-refractivity contribution in [2.45, 2.75) is 44.1 Å². The Balaban J connectivity index is 0.000000169. The van der Waals surface area contributed by atoms with Gasteiger partial charge in [0.25, 0.3) is 0 Å². The number of rotatable bonds is 8. The second kappa shape index (κ2) is 28.2. The molecule has 0 amide bonds. The van der Waals surface area contributed by atoms with Crippen molar-refractivity contribution >= 4 is 84.6 Å². The number of ketones is 1. The van der Waals surface area contributed by atoms with E-state index < -0.39 is 5.60 Å². The summed E-state index contributed by atoms with van der Waals surface area (Å²) in [7, 11) is 0. The Morgan fingerprint density at radius 2 is 0.961 bits per heavy atom. The van der Waals surface area contributed by atoms with Gasteiger partial charge in [-0.05, 0) is 128 Å². The Morgan fingerprint density at radius 3 is 1.37 bits per heavy atom. The van der Waals surface area contributed by atoms with Crippen molar-refractivity contribution in [3.63, 3.8) is 0 Å². The molecule has 3 fully saturated rings. The van der Waals surface area contributed by atoms with Crippen molar-refractivity contribution in [1.82, 2.24) is 29.3 Å².